The Hall–Kier alpha value is -2.53. The van der Waals surface area contributed by atoms with Crippen molar-refractivity contribution in [1.29, 1.82) is 0 Å². The van der Waals surface area contributed by atoms with Crippen molar-refractivity contribution in [3.8, 4) is 11.3 Å². The summed E-state index contributed by atoms with van der Waals surface area (Å²) >= 11 is 1.54. The minimum absolute atomic E-state index is 0.769. The molecule has 0 aliphatic carbocycles. The molecule has 4 nitrogen and oxygen atoms in total. The number of benzene rings is 1. The van der Waals surface area contributed by atoms with Gasteiger partial charge in [0.05, 0.1) is 17.1 Å². The second-order valence-corrected chi connectivity index (χ2v) is 5.79. The number of hydrazone groups is 1. The van der Waals surface area contributed by atoms with Crippen LogP contribution in [0.4, 0.5) is 5.13 Å². The van der Waals surface area contributed by atoms with Crippen LogP contribution in [-0.4, -0.2) is 15.7 Å². The third kappa shape index (κ3) is 3.38. The van der Waals surface area contributed by atoms with Crippen molar-refractivity contribution in [2.24, 2.45) is 5.10 Å². The van der Waals surface area contributed by atoms with Crippen molar-refractivity contribution >= 4 is 22.2 Å². The van der Waals surface area contributed by atoms with Crippen LogP contribution in [0.1, 0.15) is 18.2 Å². The maximum Gasteiger partial charge on any atom is 0.203 e. The number of nitrogens with one attached hydrogen (secondary N) is 1. The molecule has 1 aromatic carbocycles. The van der Waals surface area contributed by atoms with Gasteiger partial charge in [-0.1, -0.05) is 35.9 Å². The first-order valence-electron chi connectivity index (χ1n) is 6.96. The van der Waals surface area contributed by atoms with Gasteiger partial charge in [0.15, 0.2) is 0 Å². The summed E-state index contributed by atoms with van der Waals surface area (Å²) in [4.78, 5) is 8.82. The molecule has 2 aromatic heterocycles. The molecule has 0 unspecified atom stereocenters. The number of anilines is 1. The first-order chi connectivity index (χ1) is 10.7. The van der Waals surface area contributed by atoms with Crippen LogP contribution in [0.25, 0.3) is 11.3 Å². The Morgan fingerprint density at radius 1 is 1.14 bits per heavy atom. The van der Waals surface area contributed by atoms with Crippen LogP contribution in [0, 0.1) is 6.92 Å². The molecule has 22 heavy (non-hydrogen) atoms. The van der Waals surface area contributed by atoms with Gasteiger partial charge in [-0.05, 0) is 26.0 Å². The Morgan fingerprint density at radius 2 is 1.95 bits per heavy atom. The number of hydrogen-bond donors (Lipinski definition) is 1. The largest absolute Gasteiger partial charge is 0.255 e. The van der Waals surface area contributed by atoms with Crippen molar-refractivity contribution in [2.75, 3.05) is 5.43 Å². The van der Waals surface area contributed by atoms with E-state index in [9.17, 15) is 0 Å². The highest BCUT2D eigenvalue weighted by Crippen LogP contribution is 2.25. The van der Waals surface area contributed by atoms with Gasteiger partial charge in [0, 0.05) is 17.1 Å². The average Bonchev–Trinajstić information content (AvgIpc) is 3.03. The van der Waals surface area contributed by atoms with E-state index in [1.165, 1.54) is 16.9 Å². The fourth-order valence-electron chi connectivity index (χ4n) is 1.95. The van der Waals surface area contributed by atoms with Crippen LogP contribution in [0.2, 0.25) is 0 Å². The lowest BCUT2D eigenvalue weighted by Gasteiger charge is -2.00. The fourth-order valence-corrected chi connectivity index (χ4v) is 2.61. The van der Waals surface area contributed by atoms with E-state index in [4.69, 9.17) is 0 Å². The van der Waals surface area contributed by atoms with Gasteiger partial charge in [0.1, 0.15) is 0 Å². The molecule has 0 bridgehead atoms. The van der Waals surface area contributed by atoms with Gasteiger partial charge in [0.2, 0.25) is 5.13 Å². The molecule has 0 aliphatic heterocycles. The van der Waals surface area contributed by atoms with Crippen LogP contribution in [-0.2, 0) is 0 Å². The van der Waals surface area contributed by atoms with Gasteiger partial charge in [-0.25, -0.2) is 4.98 Å². The van der Waals surface area contributed by atoms with Gasteiger partial charge in [-0.2, -0.15) is 5.10 Å². The van der Waals surface area contributed by atoms with Crippen LogP contribution < -0.4 is 5.43 Å². The monoisotopic (exact) mass is 308 g/mol. The van der Waals surface area contributed by atoms with Crippen molar-refractivity contribution < 1.29 is 0 Å². The lowest BCUT2D eigenvalue weighted by atomic mass is 10.1. The highest BCUT2D eigenvalue weighted by Gasteiger charge is 2.04. The van der Waals surface area contributed by atoms with Gasteiger partial charge in [-0.15, -0.1) is 11.3 Å². The summed E-state index contributed by atoms with van der Waals surface area (Å²) in [7, 11) is 0. The van der Waals surface area contributed by atoms with E-state index >= 15 is 0 Å². The van der Waals surface area contributed by atoms with E-state index in [1.54, 1.807) is 6.20 Å². The molecule has 3 aromatic rings. The topological polar surface area (TPSA) is 50.2 Å². The number of aromatic nitrogens is 2. The summed E-state index contributed by atoms with van der Waals surface area (Å²) in [6.07, 6.45) is 1.76. The highest BCUT2D eigenvalue weighted by molar-refractivity contribution is 7.14. The Bertz CT molecular complexity index is 776. The van der Waals surface area contributed by atoms with E-state index in [0.29, 0.717) is 0 Å². The summed E-state index contributed by atoms with van der Waals surface area (Å²) in [6.45, 7) is 4.00. The molecule has 110 valence electrons. The van der Waals surface area contributed by atoms with Gasteiger partial charge in [-0.3, -0.25) is 10.4 Å². The predicted molar refractivity (Wildman–Crippen MR) is 92.4 cm³/mol. The van der Waals surface area contributed by atoms with Crippen molar-refractivity contribution in [3.63, 3.8) is 0 Å². The van der Waals surface area contributed by atoms with Gasteiger partial charge < -0.3 is 0 Å². The van der Waals surface area contributed by atoms with Gasteiger partial charge >= 0.3 is 0 Å². The third-order valence-electron chi connectivity index (χ3n) is 3.21. The predicted octanol–water partition coefficient (Wildman–Crippen LogP) is 4.35. The number of nitrogens with zero attached hydrogens (tertiary/aromatic N) is 3. The molecule has 0 radical (unpaired) electrons. The Labute approximate surface area is 133 Å². The first-order valence-corrected chi connectivity index (χ1v) is 7.84. The van der Waals surface area contributed by atoms with Crippen LogP contribution >= 0.6 is 11.3 Å². The number of rotatable bonds is 4. The zero-order valence-corrected chi connectivity index (χ0v) is 13.3. The highest BCUT2D eigenvalue weighted by atomic mass is 32.1. The van der Waals surface area contributed by atoms with Crippen molar-refractivity contribution in [2.45, 2.75) is 13.8 Å². The quantitative estimate of drug-likeness (QED) is 0.576. The minimum Gasteiger partial charge on any atom is -0.255 e. The Kier molecular flexibility index (Phi) is 4.25. The maximum atomic E-state index is 4.56. The van der Waals surface area contributed by atoms with Crippen molar-refractivity contribution in [3.05, 3.63) is 65.3 Å². The van der Waals surface area contributed by atoms with Crippen LogP contribution in [0.5, 0.6) is 0 Å². The molecule has 0 saturated heterocycles. The zero-order valence-electron chi connectivity index (χ0n) is 12.4. The van der Waals surface area contributed by atoms with E-state index in [2.05, 4.69) is 51.7 Å². The minimum atomic E-state index is 0.769. The maximum absolute atomic E-state index is 4.56. The summed E-state index contributed by atoms with van der Waals surface area (Å²) < 4.78 is 0. The lowest BCUT2D eigenvalue weighted by Crippen LogP contribution is -2.01. The molecular weight excluding hydrogens is 292 g/mol. The SMILES string of the molecule is C/C(=N\Nc1nc(-c2ccc(C)cc2)cs1)c1ccccn1. The first kappa shape index (κ1) is 14.4. The molecule has 0 amide bonds. The molecule has 0 saturated carbocycles. The van der Waals surface area contributed by atoms with E-state index in [-0.39, 0.29) is 0 Å². The molecule has 5 heteroatoms. The summed E-state index contributed by atoms with van der Waals surface area (Å²) in [5.74, 6) is 0. The summed E-state index contributed by atoms with van der Waals surface area (Å²) in [5.41, 5.74) is 7.99. The average molecular weight is 308 g/mol. The van der Waals surface area contributed by atoms with Crippen molar-refractivity contribution in [1.82, 2.24) is 9.97 Å². The van der Waals surface area contributed by atoms with Crippen LogP contribution in [0.15, 0.2) is 59.1 Å². The molecule has 2 heterocycles. The second kappa shape index (κ2) is 6.49. The molecular formula is C17H16N4S. The van der Waals surface area contributed by atoms with Gasteiger partial charge in [0.25, 0.3) is 0 Å². The standard InChI is InChI=1S/C17H16N4S/c1-12-6-8-14(9-7-12)16-11-22-17(19-16)21-20-13(2)15-5-3-4-10-18-15/h3-11H,1-2H3,(H,19,21)/b20-13+. The number of hydrogen-bond acceptors (Lipinski definition) is 5. The second-order valence-electron chi connectivity index (χ2n) is 4.93. The molecule has 0 atom stereocenters. The number of thiazole rings is 1. The van der Waals surface area contributed by atoms with Crippen LogP contribution in [0.3, 0.4) is 0 Å². The third-order valence-corrected chi connectivity index (χ3v) is 3.95. The molecule has 0 spiro atoms. The number of aryl methyl sites for hydroxylation is 1. The van der Waals surface area contributed by atoms with E-state index in [0.717, 1.165) is 27.8 Å². The normalized spacial score (nSPS) is 11.5. The molecule has 3 rings (SSSR count). The molecule has 0 fully saturated rings. The summed E-state index contributed by atoms with van der Waals surface area (Å²) in [6, 6.07) is 14.1. The fraction of sp³-hybridized carbons (Fsp3) is 0.118. The number of pyridine rings is 1. The zero-order chi connectivity index (χ0) is 15.4. The van der Waals surface area contributed by atoms with E-state index < -0.39 is 0 Å². The molecule has 1 N–H and O–H groups in total. The molecule has 0 aliphatic rings. The lowest BCUT2D eigenvalue weighted by molar-refractivity contribution is 1.23. The Morgan fingerprint density at radius 3 is 2.68 bits per heavy atom. The smallest absolute Gasteiger partial charge is 0.203 e. The van der Waals surface area contributed by atoms with E-state index in [1.807, 2.05) is 30.5 Å². The summed E-state index contributed by atoms with van der Waals surface area (Å²) in [5, 5.41) is 7.13. The Balaban J connectivity index is 1.73.